The second-order valence-corrected chi connectivity index (χ2v) is 7.00. The van der Waals surface area contributed by atoms with Crippen LogP contribution in [0.5, 0.6) is 5.75 Å². The molecule has 7 heteroatoms. The van der Waals surface area contributed by atoms with Crippen molar-refractivity contribution in [3.8, 4) is 22.3 Å². The van der Waals surface area contributed by atoms with Crippen LogP contribution in [0.15, 0.2) is 48.5 Å². The minimum absolute atomic E-state index is 0.0813. The molecule has 0 aliphatic carbocycles. The Morgan fingerprint density at radius 1 is 1.22 bits per heavy atom. The van der Waals surface area contributed by atoms with E-state index in [4.69, 9.17) is 4.74 Å². The molecule has 0 fully saturated rings. The molecule has 0 spiro atoms. The van der Waals surface area contributed by atoms with Crippen molar-refractivity contribution in [1.82, 2.24) is 5.32 Å². The number of amides is 1. The lowest BCUT2D eigenvalue weighted by molar-refractivity contribution is 0.0948. The molecule has 3 aromatic rings. The van der Waals surface area contributed by atoms with Crippen molar-refractivity contribution in [2.24, 2.45) is 0 Å². The summed E-state index contributed by atoms with van der Waals surface area (Å²) in [6, 6.07) is 12.8. The Hall–Kier alpha value is -3.24. The number of hydrogen-bond acceptors (Lipinski definition) is 4. The van der Waals surface area contributed by atoms with Gasteiger partial charge >= 0.3 is 0 Å². The summed E-state index contributed by atoms with van der Waals surface area (Å²) < 4.78 is 32.7. The molecule has 0 bridgehead atoms. The van der Waals surface area contributed by atoms with E-state index >= 15 is 0 Å². The zero-order valence-corrected chi connectivity index (χ0v) is 14.6. The quantitative estimate of drug-likeness (QED) is 0.721. The van der Waals surface area contributed by atoms with Crippen LogP contribution >= 0.6 is 11.3 Å². The maximum Gasteiger partial charge on any atom is 0.262 e. The van der Waals surface area contributed by atoms with Gasteiger partial charge in [-0.25, -0.2) is 8.78 Å². The number of thiophene rings is 1. The van der Waals surface area contributed by atoms with Crippen molar-refractivity contribution in [2.45, 2.75) is 12.6 Å². The maximum atomic E-state index is 13.9. The Morgan fingerprint density at radius 2 is 2.04 bits per heavy atom. The summed E-state index contributed by atoms with van der Waals surface area (Å²) in [5.74, 6) is -1.37. The van der Waals surface area contributed by atoms with Gasteiger partial charge in [0.25, 0.3) is 5.91 Å². The molecule has 2 aromatic carbocycles. The average molecular weight is 382 g/mol. The molecule has 134 valence electrons. The van der Waals surface area contributed by atoms with E-state index in [0.29, 0.717) is 17.6 Å². The second kappa shape index (κ2) is 6.82. The molecule has 1 unspecified atom stereocenters. The molecule has 1 aliphatic rings. The first-order chi connectivity index (χ1) is 13.1. The standard InChI is InChI=1S/C20H12F2N2O2S/c21-12-5-6-13(15(22)8-12)16(9-23)24-20(25)18-7-11-10-26-17-4-2-1-3-14(17)19(11)27-18/h1-8,16H,10H2,(H,24,25). The Kier molecular flexibility index (Phi) is 4.34. The number of nitriles is 1. The predicted octanol–water partition coefficient (Wildman–Crippen LogP) is 4.58. The molecule has 1 amide bonds. The second-order valence-electron chi connectivity index (χ2n) is 5.95. The molecule has 0 radical (unpaired) electrons. The first kappa shape index (κ1) is 17.2. The molecular weight excluding hydrogens is 370 g/mol. The van der Waals surface area contributed by atoms with Crippen LogP contribution in [0.1, 0.15) is 26.8 Å². The largest absolute Gasteiger partial charge is 0.488 e. The number of ether oxygens (including phenoxy) is 1. The molecule has 0 saturated carbocycles. The molecule has 1 aliphatic heterocycles. The van der Waals surface area contributed by atoms with Crippen LogP contribution in [-0.4, -0.2) is 5.91 Å². The van der Waals surface area contributed by atoms with Crippen molar-refractivity contribution in [3.63, 3.8) is 0 Å². The van der Waals surface area contributed by atoms with Crippen molar-refractivity contribution in [2.75, 3.05) is 0 Å². The topological polar surface area (TPSA) is 62.1 Å². The van der Waals surface area contributed by atoms with Crippen LogP contribution in [-0.2, 0) is 6.61 Å². The van der Waals surface area contributed by atoms with E-state index in [0.717, 1.165) is 33.9 Å². The summed E-state index contributed by atoms with van der Waals surface area (Å²) in [5, 5.41) is 11.8. The van der Waals surface area contributed by atoms with Gasteiger partial charge in [-0.3, -0.25) is 4.79 Å². The predicted molar refractivity (Wildman–Crippen MR) is 96.3 cm³/mol. The summed E-state index contributed by atoms with van der Waals surface area (Å²) in [6.07, 6.45) is 0. The van der Waals surface area contributed by atoms with E-state index in [1.807, 2.05) is 30.3 Å². The molecule has 27 heavy (non-hydrogen) atoms. The van der Waals surface area contributed by atoms with Crippen molar-refractivity contribution >= 4 is 17.2 Å². The zero-order valence-electron chi connectivity index (χ0n) is 13.8. The number of fused-ring (bicyclic) bond motifs is 3. The van der Waals surface area contributed by atoms with E-state index in [2.05, 4.69) is 5.32 Å². The normalized spacial score (nSPS) is 12.9. The number of nitrogens with one attached hydrogen (secondary N) is 1. The Bertz CT molecular complexity index is 1090. The third kappa shape index (κ3) is 3.15. The third-order valence-corrected chi connectivity index (χ3v) is 5.44. The molecule has 4 rings (SSSR count). The minimum Gasteiger partial charge on any atom is -0.488 e. The average Bonchev–Trinajstić information content (AvgIpc) is 3.11. The first-order valence-electron chi connectivity index (χ1n) is 8.07. The van der Waals surface area contributed by atoms with Gasteiger partial charge in [-0.05, 0) is 24.3 Å². The van der Waals surface area contributed by atoms with Crippen molar-refractivity contribution in [3.05, 3.63) is 76.2 Å². The lowest BCUT2D eigenvalue weighted by Gasteiger charge is -2.16. The van der Waals surface area contributed by atoms with E-state index in [-0.39, 0.29) is 5.56 Å². The number of para-hydroxylation sites is 1. The number of nitrogens with zero attached hydrogens (tertiary/aromatic N) is 1. The van der Waals surface area contributed by atoms with Crippen LogP contribution in [0.4, 0.5) is 8.78 Å². The van der Waals surface area contributed by atoms with E-state index in [1.165, 1.54) is 11.3 Å². The van der Waals surface area contributed by atoms with Crippen LogP contribution in [0, 0.1) is 23.0 Å². The fourth-order valence-corrected chi connectivity index (χ4v) is 4.03. The van der Waals surface area contributed by atoms with E-state index < -0.39 is 23.6 Å². The van der Waals surface area contributed by atoms with Crippen LogP contribution in [0.2, 0.25) is 0 Å². The molecular formula is C20H12F2N2O2S. The van der Waals surface area contributed by atoms with Crippen molar-refractivity contribution < 1.29 is 18.3 Å². The maximum absolute atomic E-state index is 13.9. The minimum atomic E-state index is -1.22. The van der Waals surface area contributed by atoms with Gasteiger partial charge in [0.15, 0.2) is 0 Å². The molecule has 2 heterocycles. The van der Waals surface area contributed by atoms with Crippen LogP contribution < -0.4 is 10.1 Å². The van der Waals surface area contributed by atoms with Gasteiger partial charge in [0.05, 0.1) is 10.9 Å². The van der Waals surface area contributed by atoms with Gasteiger partial charge in [-0.2, -0.15) is 5.26 Å². The Balaban J connectivity index is 1.61. The summed E-state index contributed by atoms with van der Waals surface area (Å²) in [4.78, 5) is 13.9. The fraction of sp³-hybridized carbons (Fsp3) is 0.100. The van der Waals surface area contributed by atoms with Gasteiger partial charge in [-0.15, -0.1) is 11.3 Å². The summed E-state index contributed by atoms with van der Waals surface area (Å²) in [5.41, 5.74) is 1.71. The van der Waals surface area contributed by atoms with E-state index in [9.17, 15) is 18.8 Å². The summed E-state index contributed by atoms with van der Waals surface area (Å²) in [6.45, 7) is 0.352. The number of hydrogen-bond donors (Lipinski definition) is 1. The highest BCUT2D eigenvalue weighted by molar-refractivity contribution is 7.17. The number of carbonyl (C=O) groups excluding carboxylic acids is 1. The van der Waals surface area contributed by atoms with Crippen LogP contribution in [0.3, 0.4) is 0 Å². The van der Waals surface area contributed by atoms with Gasteiger partial charge in [-0.1, -0.05) is 18.2 Å². The summed E-state index contributed by atoms with van der Waals surface area (Å²) in [7, 11) is 0. The van der Waals surface area contributed by atoms with Gasteiger partial charge < -0.3 is 10.1 Å². The Labute approximate surface area is 157 Å². The fourth-order valence-electron chi connectivity index (χ4n) is 2.93. The monoisotopic (exact) mass is 382 g/mol. The number of benzene rings is 2. The van der Waals surface area contributed by atoms with Crippen molar-refractivity contribution in [1.29, 1.82) is 5.26 Å². The van der Waals surface area contributed by atoms with Gasteiger partial charge in [0, 0.05) is 27.6 Å². The lowest BCUT2D eigenvalue weighted by atomic mass is 10.1. The van der Waals surface area contributed by atoms with E-state index in [1.54, 1.807) is 6.07 Å². The molecule has 1 N–H and O–H groups in total. The highest BCUT2D eigenvalue weighted by Crippen LogP contribution is 2.42. The third-order valence-electron chi connectivity index (χ3n) is 4.23. The number of carbonyl (C=O) groups is 1. The number of halogens is 2. The van der Waals surface area contributed by atoms with Crippen LogP contribution in [0.25, 0.3) is 10.4 Å². The highest BCUT2D eigenvalue weighted by Gasteiger charge is 2.24. The molecule has 1 aromatic heterocycles. The smallest absolute Gasteiger partial charge is 0.262 e. The molecule has 1 atom stereocenters. The van der Waals surface area contributed by atoms with Gasteiger partial charge in [0.1, 0.15) is 30.0 Å². The lowest BCUT2D eigenvalue weighted by Crippen LogP contribution is -2.27. The molecule has 4 nitrogen and oxygen atoms in total. The summed E-state index contributed by atoms with van der Waals surface area (Å²) >= 11 is 1.29. The SMILES string of the molecule is N#CC(NC(=O)c1cc2c(s1)-c1ccccc1OC2)c1ccc(F)cc1F. The van der Waals surface area contributed by atoms with Gasteiger partial charge in [0.2, 0.25) is 0 Å². The highest BCUT2D eigenvalue weighted by atomic mass is 32.1. The zero-order chi connectivity index (χ0) is 19.0. The first-order valence-corrected chi connectivity index (χ1v) is 8.89. The number of rotatable bonds is 3. The Morgan fingerprint density at radius 3 is 2.81 bits per heavy atom. The molecule has 0 saturated heterocycles.